The van der Waals surface area contributed by atoms with Crippen LogP contribution in [0.4, 0.5) is 0 Å². The van der Waals surface area contributed by atoms with Crippen molar-refractivity contribution in [1.29, 1.82) is 0 Å². The van der Waals surface area contributed by atoms with Crippen molar-refractivity contribution < 1.29 is 14.4 Å². The van der Waals surface area contributed by atoms with Crippen molar-refractivity contribution in [2.24, 2.45) is 0 Å². The van der Waals surface area contributed by atoms with E-state index in [-0.39, 0.29) is 24.7 Å². The third-order valence-corrected chi connectivity index (χ3v) is 4.17. The molecule has 1 atom stereocenters. The lowest BCUT2D eigenvalue weighted by Gasteiger charge is -2.29. The van der Waals surface area contributed by atoms with Gasteiger partial charge in [0.2, 0.25) is 5.91 Å². The van der Waals surface area contributed by atoms with Crippen LogP contribution in [-0.4, -0.2) is 29.0 Å². The monoisotopic (exact) mass is 327 g/mol. The third-order valence-electron chi connectivity index (χ3n) is 3.92. The number of amides is 2. The van der Waals surface area contributed by atoms with Gasteiger partial charge in [0.25, 0.3) is 5.91 Å². The summed E-state index contributed by atoms with van der Waals surface area (Å²) < 4.78 is 0. The summed E-state index contributed by atoms with van der Waals surface area (Å²) in [5, 5.41) is 0.573. The summed E-state index contributed by atoms with van der Waals surface area (Å²) in [6.45, 7) is -0.195. The number of hydrogen-bond acceptors (Lipinski definition) is 3. The standard InChI is InChI=1S/C18H14ClNO3/c19-14-8-6-12(7-9-14)15-10-17(22)20(11-16(15)21)18(23)13-4-2-1-3-5-13/h1-9,15H,10-11H2/t15-/m1/s1. The van der Waals surface area contributed by atoms with E-state index in [1.54, 1.807) is 54.6 Å². The van der Waals surface area contributed by atoms with Gasteiger partial charge in [0.1, 0.15) is 0 Å². The maximum Gasteiger partial charge on any atom is 0.260 e. The highest BCUT2D eigenvalue weighted by Crippen LogP contribution is 2.28. The van der Waals surface area contributed by atoms with Crippen molar-refractivity contribution >= 4 is 29.2 Å². The van der Waals surface area contributed by atoms with E-state index in [2.05, 4.69) is 0 Å². The molecule has 0 aliphatic carbocycles. The Kier molecular flexibility index (Phi) is 4.26. The van der Waals surface area contributed by atoms with Gasteiger partial charge in [-0.15, -0.1) is 0 Å². The van der Waals surface area contributed by atoms with Gasteiger partial charge in [0.05, 0.1) is 12.5 Å². The smallest absolute Gasteiger partial charge is 0.260 e. The van der Waals surface area contributed by atoms with Crippen LogP contribution < -0.4 is 0 Å². The molecule has 1 saturated heterocycles. The summed E-state index contributed by atoms with van der Waals surface area (Å²) in [6.07, 6.45) is -0.000953. The van der Waals surface area contributed by atoms with Gasteiger partial charge in [-0.1, -0.05) is 41.9 Å². The molecule has 2 amide bonds. The van der Waals surface area contributed by atoms with Gasteiger partial charge >= 0.3 is 0 Å². The van der Waals surface area contributed by atoms with Crippen molar-refractivity contribution in [2.75, 3.05) is 6.54 Å². The molecule has 23 heavy (non-hydrogen) atoms. The third kappa shape index (κ3) is 3.17. The van der Waals surface area contributed by atoms with Crippen LogP contribution in [0.3, 0.4) is 0 Å². The summed E-state index contributed by atoms with van der Waals surface area (Å²) in [6, 6.07) is 15.4. The Morgan fingerprint density at radius 1 is 1.00 bits per heavy atom. The van der Waals surface area contributed by atoms with E-state index in [4.69, 9.17) is 11.6 Å². The SMILES string of the molecule is O=C1CN(C(=O)c2ccccc2)C(=O)C[C@@H]1c1ccc(Cl)cc1. The number of likely N-dealkylation sites (tertiary alicyclic amines) is 1. The average Bonchev–Trinajstić information content (AvgIpc) is 2.57. The Hall–Kier alpha value is -2.46. The number of ketones is 1. The fraction of sp³-hybridized carbons (Fsp3) is 0.167. The maximum absolute atomic E-state index is 12.4. The first-order chi connectivity index (χ1) is 11.1. The number of piperidine rings is 1. The number of nitrogens with zero attached hydrogens (tertiary/aromatic N) is 1. The Balaban J connectivity index is 1.80. The average molecular weight is 328 g/mol. The van der Waals surface area contributed by atoms with Crippen LogP contribution in [-0.2, 0) is 9.59 Å². The van der Waals surface area contributed by atoms with Gasteiger partial charge in [-0.25, -0.2) is 0 Å². The summed E-state index contributed by atoms with van der Waals surface area (Å²) in [5.41, 5.74) is 1.15. The number of Topliss-reactive ketones (excluding diaryl/α,β-unsaturated/α-hetero) is 1. The first-order valence-corrected chi connectivity index (χ1v) is 7.62. The molecule has 0 radical (unpaired) electrons. The zero-order valence-corrected chi connectivity index (χ0v) is 13.0. The second kappa shape index (κ2) is 6.34. The molecule has 1 aliphatic heterocycles. The maximum atomic E-state index is 12.4. The fourth-order valence-corrected chi connectivity index (χ4v) is 2.80. The molecule has 0 N–H and O–H groups in total. The van der Waals surface area contributed by atoms with E-state index >= 15 is 0 Å². The van der Waals surface area contributed by atoms with E-state index in [0.717, 1.165) is 10.5 Å². The summed E-state index contributed by atoms with van der Waals surface area (Å²) >= 11 is 5.84. The molecule has 1 heterocycles. The van der Waals surface area contributed by atoms with Crippen LogP contribution >= 0.6 is 11.6 Å². The molecule has 116 valence electrons. The number of imide groups is 1. The Morgan fingerprint density at radius 3 is 2.30 bits per heavy atom. The number of rotatable bonds is 2. The van der Waals surface area contributed by atoms with E-state index in [1.165, 1.54) is 0 Å². The van der Waals surface area contributed by atoms with Crippen LogP contribution in [0.1, 0.15) is 28.3 Å². The topological polar surface area (TPSA) is 54.5 Å². The van der Waals surface area contributed by atoms with E-state index < -0.39 is 11.8 Å². The Labute approximate surface area is 138 Å². The second-order valence-corrected chi connectivity index (χ2v) is 5.86. The van der Waals surface area contributed by atoms with Gasteiger partial charge in [-0.3, -0.25) is 19.3 Å². The Morgan fingerprint density at radius 2 is 1.65 bits per heavy atom. The molecule has 5 heteroatoms. The predicted octanol–water partition coefficient (Wildman–Crippen LogP) is 3.07. The highest BCUT2D eigenvalue weighted by Gasteiger charge is 2.36. The van der Waals surface area contributed by atoms with Crippen molar-refractivity contribution in [3.8, 4) is 0 Å². The first kappa shape index (κ1) is 15.4. The normalized spacial score (nSPS) is 18.1. The molecule has 2 aromatic carbocycles. The van der Waals surface area contributed by atoms with Crippen molar-refractivity contribution in [3.05, 3.63) is 70.7 Å². The van der Waals surface area contributed by atoms with Gasteiger partial charge in [0, 0.05) is 17.0 Å². The molecule has 0 saturated carbocycles. The highest BCUT2D eigenvalue weighted by molar-refractivity contribution is 6.30. The molecule has 0 bridgehead atoms. The second-order valence-electron chi connectivity index (χ2n) is 5.43. The summed E-state index contributed by atoms with van der Waals surface area (Å²) in [5.74, 6) is -1.42. The molecule has 1 aliphatic rings. The summed E-state index contributed by atoms with van der Waals surface area (Å²) in [7, 11) is 0. The Bertz CT molecular complexity index is 756. The van der Waals surface area contributed by atoms with Crippen molar-refractivity contribution in [2.45, 2.75) is 12.3 Å². The lowest BCUT2D eigenvalue weighted by atomic mass is 9.87. The molecule has 0 aromatic heterocycles. The van der Waals surface area contributed by atoms with E-state index in [9.17, 15) is 14.4 Å². The van der Waals surface area contributed by atoms with Gasteiger partial charge in [0.15, 0.2) is 5.78 Å². The molecule has 2 aromatic rings. The van der Waals surface area contributed by atoms with Gasteiger partial charge in [-0.05, 0) is 29.8 Å². The van der Waals surface area contributed by atoms with Gasteiger partial charge in [-0.2, -0.15) is 0 Å². The van der Waals surface area contributed by atoms with Crippen LogP contribution in [0.15, 0.2) is 54.6 Å². The van der Waals surface area contributed by atoms with E-state index in [1.807, 2.05) is 0 Å². The molecule has 0 spiro atoms. The van der Waals surface area contributed by atoms with Crippen LogP contribution in [0.2, 0.25) is 5.02 Å². The first-order valence-electron chi connectivity index (χ1n) is 7.24. The lowest BCUT2D eigenvalue weighted by molar-refractivity contribution is -0.139. The quantitative estimate of drug-likeness (QED) is 0.797. The zero-order chi connectivity index (χ0) is 16.4. The number of benzene rings is 2. The minimum Gasteiger partial charge on any atom is -0.297 e. The molecule has 4 nitrogen and oxygen atoms in total. The van der Waals surface area contributed by atoms with Crippen LogP contribution in [0.25, 0.3) is 0 Å². The van der Waals surface area contributed by atoms with Crippen LogP contribution in [0, 0.1) is 0 Å². The molecule has 3 rings (SSSR count). The highest BCUT2D eigenvalue weighted by atomic mass is 35.5. The molecular weight excluding hydrogens is 314 g/mol. The largest absolute Gasteiger partial charge is 0.297 e. The summed E-state index contributed by atoms with van der Waals surface area (Å²) in [4.78, 5) is 38.1. The number of carbonyl (C=O) groups excluding carboxylic acids is 3. The number of carbonyl (C=O) groups is 3. The molecule has 1 fully saturated rings. The minimum absolute atomic E-state index is 0.000953. The molecular formula is C18H14ClNO3. The molecule has 0 unspecified atom stereocenters. The number of halogens is 1. The fourth-order valence-electron chi connectivity index (χ4n) is 2.67. The van der Waals surface area contributed by atoms with Crippen molar-refractivity contribution in [3.63, 3.8) is 0 Å². The van der Waals surface area contributed by atoms with Crippen LogP contribution in [0.5, 0.6) is 0 Å². The predicted molar refractivity (Wildman–Crippen MR) is 86.3 cm³/mol. The zero-order valence-electron chi connectivity index (χ0n) is 12.2. The minimum atomic E-state index is -0.514. The van der Waals surface area contributed by atoms with Gasteiger partial charge < -0.3 is 0 Å². The lowest BCUT2D eigenvalue weighted by Crippen LogP contribution is -2.47. The van der Waals surface area contributed by atoms with Crippen molar-refractivity contribution in [1.82, 2.24) is 4.90 Å². The van der Waals surface area contributed by atoms with E-state index in [0.29, 0.717) is 10.6 Å². The number of hydrogen-bond donors (Lipinski definition) is 0.